The van der Waals surface area contributed by atoms with Crippen molar-refractivity contribution >= 4 is 29.1 Å². The van der Waals surface area contributed by atoms with E-state index in [1.54, 1.807) is 30.3 Å². The molecule has 2 aromatic carbocycles. The molecule has 5 nitrogen and oxygen atoms in total. The van der Waals surface area contributed by atoms with E-state index in [1.165, 1.54) is 19.2 Å². The summed E-state index contributed by atoms with van der Waals surface area (Å²) in [5.74, 6) is -0.501. The largest absolute Gasteiger partial charge is 0.495 e. The fraction of sp³-hybridized carbons (Fsp3) is 0.300. The first-order valence-electron chi connectivity index (χ1n) is 8.62. The van der Waals surface area contributed by atoms with E-state index in [1.807, 2.05) is 0 Å². The van der Waals surface area contributed by atoms with Gasteiger partial charge >= 0.3 is 0 Å². The molecule has 0 radical (unpaired) electrons. The van der Waals surface area contributed by atoms with Crippen LogP contribution in [0.3, 0.4) is 0 Å². The van der Waals surface area contributed by atoms with Gasteiger partial charge in [-0.3, -0.25) is 9.59 Å². The summed E-state index contributed by atoms with van der Waals surface area (Å²) >= 11 is 5.98. The highest BCUT2D eigenvalue weighted by atomic mass is 35.5. The van der Waals surface area contributed by atoms with Crippen LogP contribution in [0.5, 0.6) is 5.75 Å². The van der Waals surface area contributed by atoms with Gasteiger partial charge in [0, 0.05) is 11.6 Å². The first-order valence-corrected chi connectivity index (χ1v) is 9.00. The highest BCUT2D eigenvalue weighted by Crippen LogP contribution is 2.47. The average molecular weight is 391 g/mol. The second kappa shape index (κ2) is 7.96. The molecule has 0 unspecified atom stereocenters. The summed E-state index contributed by atoms with van der Waals surface area (Å²) < 4.78 is 18.1. The highest BCUT2D eigenvalue weighted by Gasteiger charge is 2.56. The lowest BCUT2D eigenvalue weighted by Crippen LogP contribution is -2.40. The normalized spacial score (nSPS) is 14.3. The number of rotatable bonds is 7. The lowest BCUT2D eigenvalue weighted by atomic mass is 10.0. The van der Waals surface area contributed by atoms with Crippen LogP contribution in [0.15, 0.2) is 42.5 Å². The van der Waals surface area contributed by atoms with E-state index in [0.717, 1.165) is 5.56 Å². The fourth-order valence-electron chi connectivity index (χ4n) is 2.84. The third kappa shape index (κ3) is 4.39. The molecule has 0 aliphatic heterocycles. The Labute approximate surface area is 161 Å². The van der Waals surface area contributed by atoms with E-state index < -0.39 is 5.41 Å². The summed E-state index contributed by atoms with van der Waals surface area (Å²) in [6.45, 7) is 0.375. The average Bonchev–Trinajstić information content (AvgIpc) is 3.45. The lowest BCUT2D eigenvalue weighted by Gasteiger charge is -2.17. The van der Waals surface area contributed by atoms with Crippen LogP contribution >= 0.6 is 11.6 Å². The Morgan fingerprint density at radius 3 is 2.48 bits per heavy atom. The van der Waals surface area contributed by atoms with E-state index in [2.05, 4.69) is 10.6 Å². The minimum absolute atomic E-state index is 0.298. The molecule has 142 valence electrons. The van der Waals surface area contributed by atoms with Crippen LogP contribution in [0.1, 0.15) is 18.4 Å². The van der Waals surface area contributed by atoms with Crippen molar-refractivity contribution in [1.82, 2.24) is 5.32 Å². The summed E-state index contributed by atoms with van der Waals surface area (Å²) in [6, 6.07) is 11.0. The van der Waals surface area contributed by atoms with Gasteiger partial charge in [0.25, 0.3) is 0 Å². The second-order valence-electron chi connectivity index (χ2n) is 6.51. The topological polar surface area (TPSA) is 67.4 Å². The van der Waals surface area contributed by atoms with Gasteiger partial charge in [0.2, 0.25) is 11.8 Å². The van der Waals surface area contributed by atoms with Gasteiger partial charge in [-0.15, -0.1) is 0 Å². The van der Waals surface area contributed by atoms with Crippen molar-refractivity contribution in [2.75, 3.05) is 19.0 Å². The van der Waals surface area contributed by atoms with Crippen LogP contribution in [0.4, 0.5) is 10.1 Å². The molecule has 3 rings (SSSR count). The molecule has 1 aliphatic rings. The molecule has 0 heterocycles. The Bertz CT molecular complexity index is 851. The molecule has 0 saturated heterocycles. The Morgan fingerprint density at radius 1 is 1.15 bits per heavy atom. The highest BCUT2D eigenvalue weighted by molar-refractivity contribution is 6.31. The smallest absolute Gasteiger partial charge is 0.240 e. The third-order valence-corrected chi connectivity index (χ3v) is 4.88. The molecule has 0 atom stereocenters. The third-order valence-electron chi connectivity index (χ3n) is 4.64. The van der Waals surface area contributed by atoms with Gasteiger partial charge in [0.1, 0.15) is 17.0 Å². The Hall–Kier alpha value is -2.60. The van der Waals surface area contributed by atoms with Crippen LogP contribution in [-0.4, -0.2) is 25.5 Å². The maximum absolute atomic E-state index is 12.9. The number of carbonyl (C=O) groups is 2. The molecule has 7 heteroatoms. The molecule has 0 aromatic heterocycles. The minimum atomic E-state index is -1.06. The quantitative estimate of drug-likeness (QED) is 0.710. The Balaban J connectivity index is 1.59. The summed E-state index contributed by atoms with van der Waals surface area (Å²) in [6.07, 6.45) is 1.54. The van der Waals surface area contributed by atoms with Crippen LogP contribution in [0.25, 0.3) is 0 Å². The number of nitrogens with one attached hydrogen (secondary N) is 2. The monoisotopic (exact) mass is 390 g/mol. The number of methoxy groups -OCH3 is 1. The molecule has 2 aromatic rings. The van der Waals surface area contributed by atoms with Gasteiger partial charge in [-0.25, -0.2) is 4.39 Å². The second-order valence-corrected chi connectivity index (χ2v) is 6.95. The maximum atomic E-state index is 12.9. The molecule has 1 saturated carbocycles. The van der Waals surface area contributed by atoms with Crippen LogP contribution in [-0.2, 0) is 16.0 Å². The van der Waals surface area contributed by atoms with E-state index in [0.29, 0.717) is 42.3 Å². The number of benzene rings is 2. The summed E-state index contributed by atoms with van der Waals surface area (Å²) in [7, 11) is 1.49. The van der Waals surface area contributed by atoms with Crippen molar-refractivity contribution in [3.8, 4) is 5.75 Å². The molecule has 0 spiro atoms. The first kappa shape index (κ1) is 19.2. The van der Waals surface area contributed by atoms with Crippen molar-refractivity contribution in [2.24, 2.45) is 5.41 Å². The number of amides is 2. The number of hydrogen-bond acceptors (Lipinski definition) is 3. The van der Waals surface area contributed by atoms with E-state index in [-0.39, 0.29) is 17.6 Å². The van der Waals surface area contributed by atoms with E-state index >= 15 is 0 Å². The Kier molecular flexibility index (Phi) is 5.65. The molecule has 1 fully saturated rings. The molecule has 27 heavy (non-hydrogen) atoms. The molecule has 0 bridgehead atoms. The zero-order valence-electron chi connectivity index (χ0n) is 14.9. The zero-order chi connectivity index (χ0) is 19.4. The van der Waals surface area contributed by atoms with Crippen molar-refractivity contribution in [1.29, 1.82) is 0 Å². The van der Waals surface area contributed by atoms with Gasteiger partial charge in [0.15, 0.2) is 0 Å². The predicted molar refractivity (Wildman–Crippen MR) is 101 cm³/mol. The van der Waals surface area contributed by atoms with Crippen molar-refractivity contribution in [3.63, 3.8) is 0 Å². The molecule has 1 aliphatic carbocycles. The van der Waals surface area contributed by atoms with Gasteiger partial charge in [-0.1, -0.05) is 23.7 Å². The number of carbonyl (C=O) groups excluding carboxylic acids is 2. The lowest BCUT2D eigenvalue weighted by molar-refractivity contribution is -0.134. The number of hydrogen-bond donors (Lipinski definition) is 2. The summed E-state index contributed by atoms with van der Waals surface area (Å²) in [5, 5.41) is 6.01. The maximum Gasteiger partial charge on any atom is 0.240 e. The zero-order valence-corrected chi connectivity index (χ0v) is 15.6. The van der Waals surface area contributed by atoms with Crippen LogP contribution in [0.2, 0.25) is 5.02 Å². The van der Waals surface area contributed by atoms with Crippen molar-refractivity contribution in [3.05, 3.63) is 58.9 Å². The summed E-state index contributed by atoms with van der Waals surface area (Å²) in [5.41, 5.74) is 0.283. The minimum Gasteiger partial charge on any atom is -0.495 e. The van der Waals surface area contributed by atoms with E-state index in [9.17, 15) is 14.0 Å². The number of halogens is 2. The Morgan fingerprint density at radius 2 is 1.85 bits per heavy atom. The van der Waals surface area contributed by atoms with Crippen LogP contribution in [0, 0.1) is 11.2 Å². The van der Waals surface area contributed by atoms with E-state index in [4.69, 9.17) is 16.3 Å². The molecule has 2 amide bonds. The number of ether oxygens (including phenoxy) is 1. The number of anilines is 1. The molecular formula is C20H20ClFN2O3. The van der Waals surface area contributed by atoms with Gasteiger partial charge in [-0.05, 0) is 55.2 Å². The fourth-order valence-corrected chi connectivity index (χ4v) is 3.01. The molecule has 2 N–H and O–H groups in total. The van der Waals surface area contributed by atoms with Crippen molar-refractivity contribution in [2.45, 2.75) is 19.3 Å². The van der Waals surface area contributed by atoms with Gasteiger partial charge in [-0.2, -0.15) is 0 Å². The SMILES string of the molecule is COc1ccc(Cl)cc1NC(=O)C1(C(=O)NCCc2ccc(F)cc2)CC1. The standard InChI is InChI=1S/C20H20ClFN2O3/c1-27-17-7-4-14(21)12-16(17)24-19(26)20(9-10-20)18(25)23-11-8-13-2-5-15(22)6-3-13/h2-7,12H,8-11H2,1H3,(H,23,25)(H,24,26). The predicted octanol–water partition coefficient (Wildman–Crippen LogP) is 3.57. The summed E-state index contributed by atoms with van der Waals surface area (Å²) in [4.78, 5) is 25.2. The molecular weight excluding hydrogens is 371 g/mol. The first-order chi connectivity index (χ1) is 12.9. The van der Waals surface area contributed by atoms with Crippen molar-refractivity contribution < 1.29 is 18.7 Å². The van der Waals surface area contributed by atoms with Gasteiger partial charge < -0.3 is 15.4 Å². The van der Waals surface area contributed by atoms with Gasteiger partial charge in [0.05, 0.1) is 12.8 Å². The van der Waals surface area contributed by atoms with Crippen LogP contribution < -0.4 is 15.4 Å².